The van der Waals surface area contributed by atoms with Crippen molar-refractivity contribution in [3.8, 4) is 5.75 Å². The highest BCUT2D eigenvalue weighted by Gasteiger charge is 2.47. The molecule has 2 aliphatic rings. The molecule has 4 rings (SSSR count). The number of hydrogen-bond acceptors (Lipinski definition) is 5. The van der Waals surface area contributed by atoms with E-state index in [9.17, 15) is 13.2 Å². The molecule has 0 aliphatic carbocycles. The lowest BCUT2D eigenvalue weighted by Gasteiger charge is -2.22. The smallest absolute Gasteiger partial charge is 0.255 e. The molecule has 8 heteroatoms. The molecular weight excluding hydrogens is 390 g/mol. The molecule has 0 spiro atoms. The van der Waals surface area contributed by atoms with Gasteiger partial charge < -0.3 is 9.64 Å². The van der Waals surface area contributed by atoms with Gasteiger partial charge in [0.05, 0.1) is 17.9 Å². The van der Waals surface area contributed by atoms with Crippen LogP contribution in [0.25, 0.3) is 0 Å². The monoisotopic (exact) mass is 415 g/mol. The molecule has 29 heavy (non-hydrogen) atoms. The second-order valence-corrected chi connectivity index (χ2v) is 9.75. The van der Waals surface area contributed by atoms with Gasteiger partial charge in [0.15, 0.2) is 0 Å². The number of rotatable bonds is 4. The van der Waals surface area contributed by atoms with Crippen molar-refractivity contribution >= 4 is 15.9 Å². The minimum absolute atomic E-state index is 0.0462. The van der Waals surface area contributed by atoms with E-state index in [2.05, 4.69) is 4.98 Å². The largest absolute Gasteiger partial charge is 0.497 e. The molecule has 0 unspecified atom stereocenters. The average Bonchev–Trinajstić information content (AvgIpc) is 2.88. The minimum Gasteiger partial charge on any atom is -0.497 e. The Morgan fingerprint density at radius 3 is 2.62 bits per heavy atom. The van der Waals surface area contributed by atoms with Gasteiger partial charge in [-0.3, -0.25) is 9.78 Å². The van der Waals surface area contributed by atoms with Crippen LogP contribution in [0, 0.1) is 5.92 Å². The van der Waals surface area contributed by atoms with Gasteiger partial charge >= 0.3 is 0 Å². The van der Waals surface area contributed by atoms with Gasteiger partial charge in [0, 0.05) is 38.6 Å². The van der Waals surface area contributed by atoms with Crippen molar-refractivity contribution in [2.45, 2.75) is 24.6 Å². The van der Waals surface area contributed by atoms with E-state index < -0.39 is 15.3 Å². The molecule has 0 N–H and O–H groups in total. The van der Waals surface area contributed by atoms with E-state index in [-0.39, 0.29) is 11.8 Å². The molecule has 1 aromatic carbocycles. The lowest BCUT2D eigenvalue weighted by atomic mass is 10.0. The zero-order valence-electron chi connectivity index (χ0n) is 16.4. The lowest BCUT2D eigenvalue weighted by Crippen LogP contribution is -2.34. The van der Waals surface area contributed by atoms with Gasteiger partial charge in [-0.15, -0.1) is 0 Å². The molecule has 2 saturated heterocycles. The second kappa shape index (κ2) is 8.12. The Kier molecular flexibility index (Phi) is 5.56. The molecule has 2 aliphatic heterocycles. The highest BCUT2D eigenvalue weighted by atomic mass is 32.2. The summed E-state index contributed by atoms with van der Waals surface area (Å²) in [6.45, 7) is 1.90. The summed E-state index contributed by atoms with van der Waals surface area (Å²) in [5.41, 5.74) is 1.49. The first-order chi connectivity index (χ1) is 14.0. The standard InChI is InChI=1S/C21H25N3O4S/c1-28-19-6-4-16(5-7-19)14-24-15-18-8-11-23(12-9-20(18)29(24,26)27)21(25)17-3-2-10-22-13-17/h2-7,10,13,18,20H,8-9,11-12,14-15H2,1H3/t18-,20-/m1/s1. The van der Waals surface area contributed by atoms with Gasteiger partial charge in [-0.2, -0.15) is 4.31 Å². The summed E-state index contributed by atoms with van der Waals surface area (Å²) in [7, 11) is -1.78. The summed E-state index contributed by atoms with van der Waals surface area (Å²) in [5, 5.41) is -0.424. The zero-order valence-corrected chi connectivity index (χ0v) is 17.2. The maximum atomic E-state index is 13.1. The Morgan fingerprint density at radius 1 is 1.17 bits per heavy atom. The number of ether oxygens (including phenoxy) is 1. The normalized spacial score (nSPS) is 24.0. The molecule has 3 heterocycles. The van der Waals surface area contributed by atoms with E-state index in [1.165, 1.54) is 0 Å². The topological polar surface area (TPSA) is 79.8 Å². The fraction of sp³-hybridized carbons (Fsp3) is 0.429. The third kappa shape index (κ3) is 4.00. The molecule has 0 saturated carbocycles. The lowest BCUT2D eigenvalue weighted by molar-refractivity contribution is 0.0758. The molecule has 154 valence electrons. The quantitative estimate of drug-likeness (QED) is 0.765. The molecule has 0 radical (unpaired) electrons. The van der Waals surface area contributed by atoms with Gasteiger partial charge in [-0.05, 0) is 48.6 Å². The fourth-order valence-electron chi connectivity index (χ4n) is 4.26. The average molecular weight is 416 g/mol. The Bertz CT molecular complexity index is 963. The predicted molar refractivity (Wildman–Crippen MR) is 109 cm³/mol. The van der Waals surface area contributed by atoms with Crippen LogP contribution in [0.4, 0.5) is 0 Å². The molecule has 2 fully saturated rings. The van der Waals surface area contributed by atoms with E-state index in [1.54, 1.807) is 40.8 Å². The highest BCUT2D eigenvalue weighted by molar-refractivity contribution is 7.90. The number of sulfonamides is 1. The summed E-state index contributed by atoms with van der Waals surface area (Å²) in [6.07, 6.45) is 4.35. The SMILES string of the molecule is COc1ccc(CN2C[C@H]3CCN(C(=O)c4cccnc4)CC[C@H]3S2(=O)=O)cc1. The van der Waals surface area contributed by atoms with Crippen molar-refractivity contribution in [2.24, 2.45) is 5.92 Å². The van der Waals surface area contributed by atoms with Crippen LogP contribution in [-0.4, -0.2) is 60.5 Å². The van der Waals surface area contributed by atoms with Gasteiger partial charge in [-0.1, -0.05) is 12.1 Å². The summed E-state index contributed by atoms with van der Waals surface area (Å²) in [4.78, 5) is 18.5. The second-order valence-electron chi connectivity index (χ2n) is 7.60. The molecule has 1 amide bonds. The molecule has 2 aromatic rings. The van der Waals surface area contributed by atoms with Crippen molar-refractivity contribution in [1.29, 1.82) is 0 Å². The van der Waals surface area contributed by atoms with Crippen molar-refractivity contribution in [3.63, 3.8) is 0 Å². The predicted octanol–water partition coefficient (Wildman–Crippen LogP) is 2.16. The van der Waals surface area contributed by atoms with E-state index in [0.29, 0.717) is 44.6 Å². The molecule has 0 bridgehead atoms. The zero-order chi connectivity index (χ0) is 20.4. The van der Waals surface area contributed by atoms with Crippen LogP contribution in [-0.2, 0) is 16.6 Å². The first-order valence-electron chi connectivity index (χ1n) is 9.80. The molecule has 2 atom stereocenters. The first kappa shape index (κ1) is 19.8. The molecule has 1 aromatic heterocycles. The van der Waals surface area contributed by atoms with Crippen molar-refractivity contribution in [3.05, 3.63) is 59.9 Å². The maximum absolute atomic E-state index is 13.1. The summed E-state index contributed by atoms with van der Waals surface area (Å²) >= 11 is 0. The number of methoxy groups -OCH3 is 1. The van der Waals surface area contributed by atoms with Crippen molar-refractivity contribution < 1.29 is 17.9 Å². The number of likely N-dealkylation sites (tertiary alicyclic amines) is 1. The van der Waals surface area contributed by atoms with Crippen molar-refractivity contribution in [1.82, 2.24) is 14.2 Å². The third-order valence-corrected chi connectivity index (χ3v) is 8.26. The van der Waals surface area contributed by atoms with Gasteiger partial charge in [0.1, 0.15) is 5.75 Å². The molecular formula is C21H25N3O4S. The van der Waals surface area contributed by atoms with Crippen LogP contribution < -0.4 is 4.74 Å². The number of hydrogen-bond donors (Lipinski definition) is 0. The van der Waals surface area contributed by atoms with Crippen LogP contribution in [0.1, 0.15) is 28.8 Å². The van der Waals surface area contributed by atoms with Crippen LogP contribution in [0.15, 0.2) is 48.8 Å². The van der Waals surface area contributed by atoms with E-state index in [4.69, 9.17) is 4.74 Å². The third-order valence-electron chi connectivity index (χ3n) is 5.87. The maximum Gasteiger partial charge on any atom is 0.255 e. The van der Waals surface area contributed by atoms with E-state index in [0.717, 1.165) is 11.3 Å². The number of nitrogens with zero attached hydrogens (tertiary/aromatic N) is 3. The van der Waals surface area contributed by atoms with Gasteiger partial charge in [0.25, 0.3) is 5.91 Å². The number of fused-ring (bicyclic) bond motifs is 1. The Labute approximate surface area is 171 Å². The van der Waals surface area contributed by atoms with Crippen LogP contribution in [0.3, 0.4) is 0 Å². The van der Waals surface area contributed by atoms with E-state index >= 15 is 0 Å². The number of aromatic nitrogens is 1. The Morgan fingerprint density at radius 2 is 1.93 bits per heavy atom. The Balaban J connectivity index is 1.44. The number of pyridine rings is 1. The van der Waals surface area contributed by atoms with Gasteiger partial charge in [-0.25, -0.2) is 8.42 Å². The molecule has 7 nitrogen and oxygen atoms in total. The van der Waals surface area contributed by atoms with Gasteiger partial charge in [0.2, 0.25) is 10.0 Å². The van der Waals surface area contributed by atoms with Crippen LogP contribution in [0.5, 0.6) is 5.75 Å². The number of carbonyl (C=O) groups is 1. The summed E-state index contributed by atoms with van der Waals surface area (Å²) in [6, 6.07) is 11.0. The summed E-state index contributed by atoms with van der Waals surface area (Å²) in [5.74, 6) is 0.720. The minimum atomic E-state index is -3.39. The van der Waals surface area contributed by atoms with Crippen LogP contribution >= 0.6 is 0 Å². The van der Waals surface area contributed by atoms with Crippen molar-refractivity contribution in [2.75, 3.05) is 26.7 Å². The van der Waals surface area contributed by atoms with Crippen LogP contribution in [0.2, 0.25) is 0 Å². The number of benzene rings is 1. The Hall–Kier alpha value is -2.45. The fourth-order valence-corrected chi connectivity index (χ4v) is 6.48. The first-order valence-corrected chi connectivity index (χ1v) is 11.3. The highest BCUT2D eigenvalue weighted by Crippen LogP contribution is 2.35. The van der Waals surface area contributed by atoms with E-state index in [1.807, 2.05) is 24.3 Å². The number of amides is 1. The number of carbonyl (C=O) groups excluding carboxylic acids is 1. The summed E-state index contributed by atoms with van der Waals surface area (Å²) < 4.78 is 33.0.